The summed E-state index contributed by atoms with van der Waals surface area (Å²) >= 11 is 0. The number of rotatable bonds is 7. The molecule has 10 aromatic carbocycles. The van der Waals surface area contributed by atoms with Crippen molar-refractivity contribution in [3.63, 3.8) is 0 Å². The van der Waals surface area contributed by atoms with Crippen LogP contribution in [-0.4, -0.2) is 0 Å². The third-order valence-corrected chi connectivity index (χ3v) is 11.1. The highest BCUT2D eigenvalue weighted by Crippen LogP contribution is 2.46. The molecule has 0 heterocycles. The molecule has 10 aromatic rings. The summed E-state index contributed by atoms with van der Waals surface area (Å²) in [4.78, 5) is 0. The minimum absolute atomic E-state index is 1.19. The lowest BCUT2D eigenvalue weighted by Crippen LogP contribution is -1.92. The molecular formula is C56H38. The normalized spacial score (nSPS) is 11.2. The van der Waals surface area contributed by atoms with E-state index in [9.17, 15) is 0 Å². The lowest BCUT2D eigenvalue weighted by Gasteiger charge is -2.19. The van der Waals surface area contributed by atoms with Crippen molar-refractivity contribution in [1.82, 2.24) is 0 Å². The molecule has 0 aromatic heterocycles. The summed E-state index contributed by atoms with van der Waals surface area (Å²) in [5, 5.41) is 4.97. The van der Waals surface area contributed by atoms with Crippen LogP contribution < -0.4 is 0 Å². The average molecular weight is 711 g/mol. The second-order valence-electron chi connectivity index (χ2n) is 14.5. The van der Waals surface area contributed by atoms with E-state index in [2.05, 4.69) is 231 Å². The zero-order valence-corrected chi connectivity index (χ0v) is 30.9. The molecule has 0 N–H and O–H groups in total. The Labute approximate surface area is 328 Å². The van der Waals surface area contributed by atoms with Crippen molar-refractivity contribution in [1.29, 1.82) is 0 Å². The van der Waals surface area contributed by atoms with E-state index in [4.69, 9.17) is 0 Å². The smallest absolute Gasteiger partial charge is 0.00261 e. The topological polar surface area (TPSA) is 0 Å². The second-order valence-corrected chi connectivity index (χ2v) is 14.5. The highest BCUT2D eigenvalue weighted by Gasteiger charge is 2.18. The molecule has 0 heteroatoms. The minimum Gasteiger partial charge on any atom is -0.0622 e. The molecular weight excluding hydrogens is 673 g/mol. The van der Waals surface area contributed by atoms with E-state index in [1.54, 1.807) is 0 Å². The molecule has 0 aliphatic rings. The summed E-state index contributed by atoms with van der Waals surface area (Å²) in [6.07, 6.45) is 0. The molecule has 0 saturated heterocycles. The van der Waals surface area contributed by atoms with Gasteiger partial charge in [0.15, 0.2) is 0 Å². The van der Waals surface area contributed by atoms with Gasteiger partial charge in [-0.05, 0) is 124 Å². The number of hydrogen-bond donors (Lipinski definition) is 0. The van der Waals surface area contributed by atoms with Gasteiger partial charge in [-0.1, -0.05) is 206 Å². The van der Waals surface area contributed by atoms with E-state index >= 15 is 0 Å². The van der Waals surface area contributed by atoms with Crippen LogP contribution in [0.25, 0.3) is 99.4 Å². The molecule has 0 atom stereocenters. The SMILES string of the molecule is c1ccc(-c2ccc(-c3c4ccccc4c(-c4ccc(-c5ccccc5)cc4)c4cc(-c5cc(-c6ccccc6)cc(-c6ccccc6)c5)ccc34)cc2)cc1. The largest absolute Gasteiger partial charge is 0.0622 e. The highest BCUT2D eigenvalue weighted by atomic mass is 14.2. The van der Waals surface area contributed by atoms with Crippen LogP contribution in [0.4, 0.5) is 0 Å². The fraction of sp³-hybridized carbons (Fsp3) is 0. The molecule has 0 bridgehead atoms. The Balaban J connectivity index is 1.22. The van der Waals surface area contributed by atoms with Crippen LogP contribution in [0, 0.1) is 0 Å². The molecule has 10 rings (SSSR count). The minimum atomic E-state index is 1.19. The van der Waals surface area contributed by atoms with Crippen LogP contribution in [0.5, 0.6) is 0 Å². The van der Waals surface area contributed by atoms with Crippen molar-refractivity contribution in [2.45, 2.75) is 0 Å². The summed E-state index contributed by atoms with van der Waals surface area (Å²) in [6, 6.07) is 84.0. The van der Waals surface area contributed by atoms with Gasteiger partial charge < -0.3 is 0 Å². The summed E-state index contributed by atoms with van der Waals surface area (Å²) in [6.45, 7) is 0. The summed E-state index contributed by atoms with van der Waals surface area (Å²) < 4.78 is 0. The lowest BCUT2D eigenvalue weighted by atomic mass is 9.84. The van der Waals surface area contributed by atoms with E-state index < -0.39 is 0 Å². The predicted octanol–water partition coefficient (Wildman–Crippen LogP) is 15.7. The molecule has 56 heavy (non-hydrogen) atoms. The fourth-order valence-corrected chi connectivity index (χ4v) is 8.29. The molecule has 0 aliphatic heterocycles. The number of benzene rings is 10. The molecule has 0 aliphatic carbocycles. The van der Waals surface area contributed by atoms with Gasteiger partial charge in [0, 0.05) is 0 Å². The highest BCUT2D eigenvalue weighted by molar-refractivity contribution is 6.22. The average Bonchev–Trinajstić information content (AvgIpc) is 3.29. The summed E-state index contributed by atoms with van der Waals surface area (Å²) in [5.41, 5.74) is 17.0. The van der Waals surface area contributed by atoms with Gasteiger partial charge in [0.1, 0.15) is 0 Å². The number of hydrogen-bond acceptors (Lipinski definition) is 0. The van der Waals surface area contributed by atoms with E-state index in [-0.39, 0.29) is 0 Å². The Hall–Kier alpha value is -7.28. The maximum atomic E-state index is 2.43. The van der Waals surface area contributed by atoms with Gasteiger partial charge in [-0.2, -0.15) is 0 Å². The maximum Gasteiger partial charge on any atom is -0.00261 e. The van der Waals surface area contributed by atoms with Crippen molar-refractivity contribution in [3.05, 3.63) is 231 Å². The Bertz CT molecular complexity index is 2890. The van der Waals surface area contributed by atoms with Crippen LogP contribution in [-0.2, 0) is 0 Å². The summed E-state index contributed by atoms with van der Waals surface area (Å²) in [7, 11) is 0. The summed E-state index contributed by atoms with van der Waals surface area (Å²) in [5.74, 6) is 0. The van der Waals surface area contributed by atoms with Gasteiger partial charge in [-0.3, -0.25) is 0 Å². The molecule has 0 spiro atoms. The zero-order valence-electron chi connectivity index (χ0n) is 30.9. The Morgan fingerprint density at radius 3 is 0.821 bits per heavy atom. The van der Waals surface area contributed by atoms with E-state index in [0.717, 1.165) is 0 Å². The first-order valence-corrected chi connectivity index (χ1v) is 19.3. The first kappa shape index (κ1) is 33.3. The first-order valence-electron chi connectivity index (χ1n) is 19.3. The van der Waals surface area contributed by atoms with E-state index in [0.29, 0.717) is 0 Å². The molecule has 0 radical (unpaired) electrons. The van der Waals surface area contributed by atoms with E-state index in [1.165, 1.54) is 99.4 Å². The molecule has 0 saturated carbocycles. The second kappa shape index (κ2) is 14.5. The lowest BCUT2D eigenvalue weighted by molar-refractivity contribution is 1.57. The molecule has 0 fully saturated rings. The monoisotopic (exact) mass is 710 g/mol. The zero-order chi connectivity index (χ0) is 37.3. The quantitative estimate of drug-likeness (QED) is 0.144. The van der Waals surface area contributed by atoms with Gasteiger partial charge in [0.25, 0.3) is 0 Å². The Kier molecular flexibility index (Phi) is 8.63. The van der Waals surface area contributed by atoms with Crippen LogP contribution >= 0.6 is 0 Å². The number of fused-ring (bicyclic) bond motifs is 2. The maximum absolute atomic E-state index is 2.43. The van der Waals surface area contributed by atoms with Crippen molar-refractivity contribution in [2.75, 3.05) is 0 Å². The van der Waals surface area contributed by atoms with Crippen LogP contribution in [0.3, 0.4) is 0 Å². The van der Waals surface area contributed by atoms with Crippen molar-refractivity contribution < 1.29 is 0 Å². The van der Waals surface area contributed by atoms with Crippen molar-refractivity contribution >= 4 is 21.5 Å². The Morgan fingerprint density at radius 2 is 0.411 bits per heavy atom. The van der Waals surface area contributed by atoms with Gasteiger partial charge in [-0.25, -0.2) is 0 Å². The third kappa shape index (κ3) is 6.28. The standard InChI is InChI=1S/C56H38/c1-5-15-39(16-6-1)43-25-29-45(30-26-43)55-51-23-13-14-24-52(51)56(46-31-27-44(28-32-46)40-17-7-2-8-18-40)54-38-47(33-34-53(54)55)50-36-48(41-19-9-3-10-20-41)35-49(37-50)42-21-11-4-12-22-42/h1-38H. The van der Waals surface area contributed by atoms with Crippen molar-refractivity contribution in [2.24, 2.45) is 0 Å². The van der Waals surface area contributed by atoms with Gasteiger partial charge in [0.2, 0.25) is 0 Å². The van der Waals surface area contributed by atoms with Gasteiger partial charge >= 0.3 is 0 Å². The van der Waals surface area contributed by atoms with Crippen LogP contribution in [0.2, 0.25) is 0 Å². The van der Waals surface area contributed by atoms with Crippen LogP contribution in [0.15, 0.2) is 231 Å². The van der Waals surface area contributed by atoms with Gasteiger partial charge in [0.05, 0.1) is 0 Å². The molecule has 0 nitrogen and oxygen atoms in total. The van der Waals surface area contributed by atoms with Crippen LogP contribution in [0.1, 0.15) is 0 Å². The molecule has 262 valence electrons. The molecule has 0 unspecified atom stereocenters. The fourth-order valence-electron chi connectivity index (χ4n) is 8.29. The van der Waals surface area contributed by atoms with E-state index in [1.807, 2.05) is 0 Å². The van der Waals surface area contributed by atoms with Crippen molar-refractivity contribution in [3.8, 4) is 77.9 Å². The third-order valence-electron chi connectivity index (χ3n) is 11.1. The first-order chi connectivity index (χ1) is 27.8. The van der Waals surface area contributed by atoms with Gasteiger partial charge in [-0.15, -0.1) is 0 Å². The Morgan fingerprint density at radius 1 is 0.143 bits per heavy atom. The molecule has 0 amide bonds. The predicted molar refractivity (Wildman–Crippen MR) is 240 cm³/mol.